The van der Waals surface area contributed by atoms with E-state index in [0.29, 0.717) is 0 Å². The topological polar surface area (TPSA) is 17.1 Å². The van der Waals surface area contributed by atoms with Crippen LogP contribution in [0.25, 0.3) is 0 Å². The summed E-state index contributed by atoms with van der Waals surface area (Å²) in [7, 11) is 0. The van der Waals surface area contributed by atoms with Gasteiger partial charge in [0.15, 0.2) is 0 Å². The van der Waals surface area contributed by atoms with E-state index in [1.54, 1.807) is 0 Å². The lowest BCUT2D eigenvalue weighted by Gasteiger charge is -2.37. The summed E-state index contributed by atoms with van der Waals surface area (Å²) in [4.78, 5) is 11.2. The highest BCUT2D eigenvalue weighted by Crippen LogP contribution is 2.42. The molecule has 0 aromatic heterocycles. The van der Waals surface area contributed by atoms with Crippen molar-refractivity contribution in [2.45, 2.75) is 84.0 Å². The minimum absolute atomic E-state index is 0.0944. The average molecular weight is 299 g/mol. The number of carbonyl (C=O) groups is 1. The number of unbranched alkanes of at least 4 members (excludes halogenated alkanes) is 2. The van der Waals surface area contributed by atoms with Crippen LogP contribution in [0, 0.1) is 23.7 Å². The van der Waals surface area contributed by atoms with Gasteiger partial charge in [-0.2, -0.15) is 0 Å². The Kier molecular flexibility index (Phi) is 6.87. The van der Waals surface area contributed by atoms with Gasteiger partial charge in [0.25, 0.3) is 0 Å². The van der Waals surface area contributed by atoms with Gasteiger partial charge in [-0.05, 0) is 67.9 Å². The lowest BCUT2D eigenvalue weighted by Crippen LogP contribution is -2.27. The second kappa shape index (κ2) is 8.41. The molecule has 0 aromatic rings. The van der Waals surface area contributed by atoms with E-state index < -0.39 is 0 Å². The second-order valence-corrected chi connectivity index (χ2v) is 7.56. The van der Waals surface area contributed by atoms with Gasteiger partial charge in [0.1, 0.15) is 0 Å². The Bertz CT molecular complexity index is 286. The van der Waals surface area contributed by atoms with E-state index in [4.69, 9.17) is 11.6 Å². The van der Waals surface area contributed by atoms with Crippen LogP contribution < -0.4 is 0 Å². The van der Waals surface area contributed by atoms with Crippen LogP contribution in [0.15, 0.2) is 0 Å². The smallest absolute Gasteiger partial charge is 0.224 e. The van der Waals surface area contributed by atoms with Gasteiger partial charge in [-0.1, -0.05) is 45.4 Å². The molecule has 2 rings (SSSR count). The first kappa shape index (κ1) is 16.3. The molecule has 0 radical (unpaired) electrons. The molecule has 2 aliphatic carbocycles. The summed E-state index contributed by atoms with van der Waals surface area (Å²) in [6, 6.07) is 0. The van der Waals surface area contributed by atoms with Gasteiger partial charge >= 0.3 is 0 Å². The van der Waals surface area contributed by atoms with E-state index in [2.05, 4.69) is 6.92 Å². The molecule has 0 amide bonds. The van der Waals surface area contributed by atoms with Crippen molar-refractivity contribution in [2.24, 2.45) is 23.7 Å². The summed E-state index contributed by atoms with van der Waals surface area (Å²) in [5.74, 6) is 3.01. The minimum atomic E-state index is -0.0944. The Hall–Kier alpha value is -0.0400. The molecule has 0 bridgehead atoms. The second-order valence-electron chi connectivity index (χ2n) is 7.19. The zero-order valence-electron chi connectivity index (χ0n) is 13.1. The largest absolute Gasteiger partial charge is 0.281 e. The Labute approximate surface area is 129 Å². The molecule has 2 saturated carbocycles. The van der Waals surface area contributed by atoms with E-state index >= 15 is 0 Å². The molecule has 0 unspecified atom stereocenters. The maximum Gasteiger partial charge on any atom is 0.224 e. The van der Waals surface area contributed by atoms with E-state index in [0.717, 1.165) is 30.6 Å². The summed E-state index contributed by atoms with van der Waals surface area (Å²) in [6.07, 6.45) is 16.1. The molecule has 2 fully saturated rings. The quantitative estimate of drug-likeness (QED) is 0.438. The van der Waals surface area contributed by atoms with Crippen molar-refractivity contribution in [3.63, 3.8) is 0 Å². The molecular weight excluding hydrogens is 268 g/mol. The van der Waals surface area contributed by atoms with Crippen molar-refractivity contribution in [1.29, 1.82) is 0 Å². The van der Waals surface area contributed by atoms with E-state index in [1.165, 1.54) is 64.2 Å². The monoisotopic (exact) mass is 298 g/mol. The SMILES string of the molecule is CCCCCC1CCC([C@H]2CC[C@H](C(=O)Cl)CC2)CC1. The third-order valence-electron chi connectivity index (χ3n) is 5.87. The van der Waals surface area contributed by atoms with Crippen LogP contribution >= 0.6 is 11.6 Å². The number of hydrogen-bond donors (Lipinski definition) is 0. The van der Waals surface area contributed by atoms with Crippen molar-refractivity contribution in [3.05, 3.63) is 0 Å². The number of rotatable bonds is 6. The van der Waals surface area contributed by atoms with Gasteiger partial charge in [-0.15, -0.1) is 0 Å². The van der Waals surface area contributed by atoms with Crippen molar-refractivity contribution in [3.8, 4) is 0 Å². The lowest BCUT2D eigenvalue weighted by atomic mass is 9.69. The zero-order valence-corrected chi connectivity index (χ0v) is 13.8. The first-order valence-electron chi connectivity index (χ1n) is 8.90. The Morgan fingerprint density at radius 2 is 1.45 bits per heavy atom. The molecular formula is C18H31ClO. The summed E-state index contributed by atoms with van der Waals surface area (Å²) < 4.78 is 0. The molecule has 0 aromatic carbocycles. The third-order valence-corrected chi connectivity index (χ3v) is 6.18. The Balaban J connectivity index is 1.65. The van der Waals surface area contributed by atoms with Crippen LogP contribution in [0.4, 0.5) is 0 Å². The maximum absolute atomic E-state index is 11.2. The fourth-order valence-electron chi connectivity index (χ4n) is 4.45. The standard InChI is InChI=1S/C18H31ClO/c1-2-3-4-5-14-6-8-15(9-7-14)16-10-12-17(13-11-16)18(19)20/h14-17H,2-13H2,1H3/t14?,15?,16-,17-. The van der Waals surface area contributed by atoms with Crippen molar-refractivity contribution in [1.82, 2.24) is 0 Å². The van der Waals surface area contributed by atoms with Gasteiger partial charge in [0.05, 0.1) is 0 Å². The lowest BCUT2D eigenvalue weighted by molar-refractivity contribution is -0.116. The molecule has 0 N–H and O–H groups in total. The van der Waals surface area contributed by atoms with Crippen molar-refractivity contribution >= 4 is 16.8 Å². The van der Waals surface area contributed by atoms with Gasteiger partial charge in [-0.25, -0.2) is 0 Å². The summed E-state index contributed by atoms with van der Waals surface area (Å²) >= 11 is 5.63. The molecule has 0 heterocycles. The van der Waals surface area contributed by atoms with E-state index in [-0.39, 0.29) is 11.2 Å². The van der Waals surface area contributed by atoms with Crippen molar-refractivity contribution < 1.29 is 4.79 Å². The molecule has 116 valence electrons. The fourth-order valence-corrected chi connectivity index (χ4v) is 4.67. The van der Waals surface area contributed by atoms with Gasteiger partial charge in [0, 0.05) is 5.92 Å². The highest BCUT2D eigenvalue weighted by atomic mass is 35.5. The molecule has 0 spiro atoms. The fraction of sp³-hybridized carbons (Fsp3) is 0.944. The number of hydrogen-bond acceptors (Lipinski definition) is 1. The molecule has 0 aliphatic heterocycles. The first-order chi connectivity index (χ1) is 9.70. The van der Waals surface area contributed by atoms with Crippen LogP contribution in [0.3, 0.4) is 0 Å². The third kappa shape index (κ3) is 4.76. The Morgan fingerprint density at radius 1 is 0.900 bits per heavy atom. The molecule has 20 heavy (non-hydrogen) atoms. The molecule has 1 nitrogen and oxygen atoms in total. The van der Waals surface area contributed by atoms with Crippen LogP contribution in [0.5, 0.6) is 0 Å². The normalized spacial score (nSPS) is 34.9. The Morgan fingerprint density at radius 3 is 1.95 bits per heavy atom. The summed E-state index contributed by atoms with van der Waals surface area (Å²) in [5, 5.41) is -0.0944. The number of halogens is 1. The highest BCUT2D eigenvalue weighted by molar-refractivity contribution is 6.63. The minimum Gasteiger partial charge on any atom is -0.281 e. The zero-order chi connectivity index (χ0) is 14.4. The summed E-state index contributed by atoms with van der Waals surface area (Å²) in [5.41, 5.74) is 0. The molecule has 2 aliphatic rings. The molecule has 0 saturated heterocycles. The van der Waals surface area contributed by atoms with E-state index in [1.807, 2.05) is 0 Å². The maximum atomic E-state index is 11.2. The van der Waals surface area contributed by atoms with Crippen LogP contribution in [0.1, 0.15) is 84.0 Å². The van der Waals surface area contributed by atoms with Gasteiger partial charge < -0.3 is 0 Å². The predicted octanol–water partition coefficient (Wildman–Crippen LogP) is 5.94. The highest BCUT2D eigenvalue weighted by Gasteiger charge is 2.32. The molecule has 0 atom stereocenters. The van der Waals surface area contributed by atoms with E-state index in [9.17, 15) is 4.79 Å². The van der Waals surface area contributed by atoms with Crippen LogP contribution in [0.2, 0.25) is 0 Å². The average Bonchev–Trinajstić information content (AvgIpc) is 2.48. The first-order valence-corrected chi connectivity index (χ1v) is 9.27. The van der Waals surface area contributed by atoms with Crippen LogP contribution in [-0.4, -0.2) is 5.24 Å². The van der Waals surface area contributed by atoms with Gasteiger partial charge in [-0.3, -0.25) is 4.79 Å². The predicted molar refractivity (Wildman–Crippen MR) is 85.9 cm³/mol. The van der Waals surface area contributed by atoms with Crippen molar-refractivity contribution in [2.75, 3.05) is 0 Å². The molecule has 2 heteroatoms. The summed E-state index contributed by atoms with van der Waals surface area (Å²) in [6.45, 7) is 2.29. The van der Waals surface area contributed by atoms with Gasteiger partial charge in [0.2, 0.25) is 5.24 Å². The van der Waals surface area contributed by atoms with Crippen LogP contribution in [-0.2, 0) is 4.79 Å². The number of carbonyl (C=O) groups excluding carboxylic acids is 1.